The van der Waals surface area contributed by atoms with Crippen molar-refractivity contribution in [3.05, 3.63) is 23.9 Å². The molecule has 96 valence electrons. The summed E-state index contributed by atoms with van der Waals surface area (Å²) in [5.74, 6) is -0.00174. The molecule has 0 aliphatic carbocycles. The van der Waals surface area contributed by atoms with E-state index in [4.69, 9.17) is 4.74 Å². The highest BCUT2D eigenvalue weighted by Crippen LogP contribution is 2.28. The SMILES string of the molecule is CCCNCCOc1cccc(C(F)(F)F)n1. The molecular weight excluding hydrogens is 233 g/mol. The van der Waals surface area contributed by atoms with Crippen LogP contribution < -0.4 is 10.1 Å². The molecule has 6 heteroatoms. The van der Waals surface area contributed by atoms with E-state index in [0.29, 0.717) is 13.2 Å². The van der Waals surface area contributed by atoms with Gasteiger partial charge in [-0.05, 0) is 19.0 Å². The second-order valence-corrected chi connectivity index (χ2v) is 3.46. The van der Waals surface area contributed by atoms with Gasteiger partial charge in [-0.1, -0.05) is 13.0 Å². The first-order chi connectivity index (χ1) is 8.04. The van der Waals surface area contributed by atoms with E-state index >= 15 is 0 Å². The maximum Gasteiger partial charge on any atom is 0.433 e. The van der Waals surface area contributed by atoms with Gasteiger partial charge in [0.05, 0.1) is 0 Å². The summed E-state index contributed by atoms with van der Waals surface area (Å²) in [7, 11) is 0. The van der Waals surface area contributed by atoms with Crippen LogP contribution >= 0.6 is 0 Å². The predicted molar refractivity (Wildman–Crippen MR) is 57.9 cm³/mol. The Bertz CT molecular complexity index is 342. The highest BCUT2D eigenvalue weighted by atomic mass is 19.4. The van der Waals surface area contributed by atoms with E-state index in [2.05, 4.69) is 10.3 Å². The number of alkyl halides is 3. The summed E-state index contributed by atoms with van der Waals surface area (Å²) in [6.07, 6.45) is -3.43. The van der Waals surface area contributed by atoms with Crippen LogP contribution in [0.15, 0.2) is 18.2 Å². The number of nitrogens with zero attached hydrogens (tertiary/aromatic N) is 1. The lowest BCUT2D eigenvalue weighted by Gasteiger charge is -2.09. The van der Waals surface area contributed by atoms with E-state index in [-0.39, 0.29) is 5.88 Å². The lowest BCUT2D eigenvalue weighted by Crippen LogP contribution is -2.22. The fourth-order valence-corrected chi connectivity index (χ4v) is 1.18. The molecule has 0 radical (unpaired) electrons. The van der Waals surface area contributed by atoms with Crippen LogP contribution in [0.4, 0.5) is 13.2 Å². The van der Waals surface area contributed by atoms with Gasteiger partial charge in [-0.2, -0.15) is 13.2 Å². The van der Waals surface area contributed by atoms with Crippen molar-refractivity contribution in [2.75, 3.05) is 19.7 Å². The van der Waals surface area contributed by atoms with Gasteiger partial charge in [0.15, 0.2) is 0 Å². The lowest BCUT2D eigenvalue weighted by molar-refractivity contribution is -0.141. The number of hydrogen-bond donors (Lipinski definition) is 1. The van der Waals surface area contributed by atoms with Crippen LogP contribution in [0.3, 0.4) is 0 Å². The monoisotopic (exact) mass is 248 g/mol. The van der Waals surface area contributed by atoms with E-state index in [9.17, 15) is 13.2 Å². The van der Waals surface area contributed by atoms with Crippen LogP contribution in [-0.2, 0) is 6.18 Å². The van der Waals surface area contributed by atoms with E-state index in [1.54, 1.807) is 0 Å². The Morgan fingerprint density at radius 3 is 2.71 bits per heavy atom. The molecule has 1 aromatic heterocycles. The Morgan fingerprint density at radius 1 is 1.29 bits per heavy atom. The molecule has 17 heavy (non-hydrogen) atoms. The minimum Gasteiger partial charge on any atom is -0.476 e. The third-order valence-corrected chi connectivity index (χ3v) is 1.97. The molecule has 0 saturated heterocycles. The van der Waals surface area contributed by atoms with Crippen LogP contribution in [-0.4, -0.2) is 24.7 Å². The van der Waals surface area contributed by atoms with Crippen molar-refractivity contribution in [3.8, 4) is 5.88 Å². The Balaban J connectivity index is 2.44. The maximum atomic E-state index is 12.3. The summed E-state index contributed by atoms with van der Waals surface area (Å²) < 4.78 is 42.1. The Kier molecular flexibility index (Phi) is 5.21. The van der Waals surface area contributed by atoms with Gasteiger partial charge in [-0.25, -0.2) is 4.98 Å². The van der Waals surface area contributed by atoms with Crippen LogP contribution in [0.1, 0.15) is 19.0 Å². The number of pyridine rings is 1. The molecule has 0 fully saturated rings. The molecule has 1 aromatic rings. The molecule has 0 atom stereocenters. The second kappa shape index (κ2) is 6.44. The Labute approximate surface area is 98.0 Å². The third-order valence-electron chi connectivity index (χ3n) is 1.97. The third kappa shape index (κ3) is 5.04. The van der Waals surface area contributed by atoms with Crippen molar-refractivity contribution >= 4 is 0 Å². The first-order valence-electron chi connectivity index (χ1n) is 5.42. The molecule has 0 aromatic carbocycles. The zero-order chi connectivity index (χ0) is 12.7. The molecule has 1 heterocycles. The maximum absolute atomic E-state index is 12.3. The van der Waals surface area contributed by atoms with E-state index in [1.807, 2.05) is 6.92 Å². The number of rotatable bonds is 6. The van der Waals surface area contributed by atoms with Crippen LogP contribution in [0.5, 0.6) is 5.88 Å². The zero-order valence-electron chi connectivity index (χ0n) is 9.55. The highest BCUT2D eigenvalue weighted by molar-refractivity contribution is 5.17. The minimum atomic E-state index is -4.43. The standard InChI is InChI=1S/C11H15F3N2O/c1-2-6-15-7-8-17-10-5-3-4-9(16-10)11(12,13)14/h3-5,15H,2,6-8H2,1H3. The summed E-state index contributed by atoms with van der Waals surface area (Å²) in [4.78, 5) is 3.39. The molecule has 3 nitrogen and oxygen atoms in total. The number of aromatic nitrogens is 1. The number of nitrogens with one attached hydrogen (secondary N) is 1. The van der Waals surface area contributed by atoms with Gasteiger partial charge in [0.25, 0.3) is 0 Å². The summed E-state index contributed by atoms with van der Waals surface area (Å²) in [6.45, 7) is 3.78. The van der Waals surface area contributed by atoms with Gasteiger partial charge in [0, 0.05) is 12.6 Å². The second-order valence-electron chi connectivity index (χ2n) is 3.46. The van der Waals surface area contributed by atoms with Crippen molar-refractivity contribution in [2.24, 2.45) is 0 Å². The van der Waals surface area contributed by atoms with Crippen molar-refractivity contribution in [1.29, 1.82) is 0 Å². The van der Waals surface area contributed by atoms with Crippen LogP contribution in [0.2, 0.25) is 0 Å². The van der Waals surface area contributed by atoms with E-state index in [0.717, 1.165) is 19.0 Å². The zero-order valence-corrected chi connectivity index (χ0v) is 9.55. The molecule has 0 amide bonds. The van der Waals surface area contributed by atoms with Crippen LogP contribution in [0.25, 0.3) is 0 Å². The largest absolute Gasteiger partial charge is 0.476 e. The van der Waals surface area contributed by atoms with Gasteiger partial charge < -0.3 is 10.1 Å². The lowest BCUT2D eigenvalue weighted by atomic mass is 10.3. The normalized spacial score (nSPS) is 11.5. The molecule has 0 saturated carbocycles. The molecular formula is C11H15F3N2O. The topological polar surface area (TPSA) is 34.1 Å². The average molecular weight is 248 g/mol. The molecule has 0 unspecified atom stereocenters. The average Bonchev–Trinajstić information content (AvgIpc) is 2.28. The molecule has 0 bridgehead atoms. The quantitative estimate of drug-likeness (QED) is 0.785. The van der Waals surface area contributed by atoms with Gasteiger partial charge in [0.2, 0.25) is 5.88 Å². The smallest absolute Gasteiger partial charge is 0.433 e. The molecule has 0 spiro atoms. The summed E-state index contributed by atoms with van der Waals surface area (Å²) in [5, 5.41) is 3.08. The van der Waals surface area contributed by atoms with Crippen molar-refractivity contribution < 1.29 is 17.9 Å². The number of ether oxygens (including phenoxy) is 1. The molecule has 0 aliphatic heterocycles. The van der Waals surface area contributed by atoms with Crippen molar-refractivity contribution in [1.82, 2.24) is 10.3 Å². The minimum absolute atomic E-state index is 0.00174. The van der Waals surface area contributed by atoms with Crippen LogP contribution in [0, 0.1) is 0 Å². The molecule has 1 N–H and O–H groups in total. The molecule has 0 aliphatic rings. The number of halogens is 3. The number of hydrogen-bond acceptors (Lipinski definition) is 3. The van der Waals surface area contributed by atoms with Gasteiger partial charge in [0.1, 0.15) is 12.3 Å². The fraction of sp³-hybridized carbons (Fsp3) is 0.545. The summed E-state index contributed by atoms with van der Waals surface area (Å²) >= 11 is 0. The van der Waals surface area contributed by atoms with Gasteiger partial charge in [-0.15, -0.1) is 0 Å². The first kappa shape index (κ1) is 13.8. The fourth-order valence-electron chi connectivity index (χ4n) is 1.18. The highest BCUT2D eigenvalue weighted by Gasteiger charge is 2.32. The summed E-state index contributed by atoms with van der Waals surface area (Å²) in [5.41, 5.74) is -0.934. The van der Waals surface area contributed by atoms with Gasteiger partial charge in [-0.3, -0.25) is 0 Å². The Hall–Kier alpha value is -1.30. The predicted octanol–water partition coefficient (Wildman–Crippen LogP) is 2.48. The molecule has 1 rings (SSSR count). The summed E-state index contributed by atoms with van der Waals surface area (Å²) in [6, 6.07) is 3.61. The van der Waals surface area contributed by atoms with Gasteiger partial charge >= 0.3 is 6.18 Å². The first-order valence-corrected chi connectivity index (χ1v) is 5.42. The van der Waals surface area contributed by atoms with Crippen molar-refractivity contribution in [2.45, 2.75) is 19.5 Å². The van der Waals surface area contributed by atoms with Crippen molar-refractivity contribution in [3.63, 3.8) is 0 Å². The Morgan fingerprint density at radius 2 is 2.06 bits per heavy atom. The van der Waals surface area contributed by atoms with E-state index < -0.39 is 11.9 Å². The van der Waals surface area contributed by atoms with E-state index in [1.165, 1.54) is 12.1 Å².